The Hall–Kier alpha value is -1.05. The Morgan fingerprint density at radius 3 is 2.62 bits per heavy atom. The fraction of sp³-hybridized carbons (Fsp3) is 0.600. The minimum Gasteiger partial charge on any atom is -0.496 e. The lowest BCUT2D eigenvalue weighted by atomic mass is 10.1. The minimum absolute atomic E-state index is 0. The van der Waals surface area contributed by atoms with E-state index in [0.29, 0.717) is 12.6 Å². The van der Waals surface area contributed by atoms with Crippen molar-refractivity contribution in [2.45, 2.75) is 46.7 Å². The number of hydrogen-bond acceptors (Lipinski definition) is 3. The van der Waals surface area contributed by atoms with Crippen LogP contribution in [0.1, 0.15) is 37.1 Å². The predicted octanol–water partition coefficient (Wildman–Crippen LogP) is 2.79. The molecule has 0 saturated carbocycles. The number of halogens is 1. The van der Waals surface area contributed by atoms with E-state index in [1.165, 1.54) is 0 Å². The molecule has 1 atom stereocenters. The summed E-state index contributed by atoms with van der Waals surface area (Å²) >= 11 is 0. The Morgan fingerprint density at radius 2 is 2.10 bits per heavy atom. The zero-order valence-electron chi connectivity index (χ0n) is 13.8. The van der Waals surface area contributed by atoms with Crippen molar-refractivity contribution in [3.63, 3.8) is 0 Å². The number of aliphatic imine (C=N–C) groups is 1. The van der Waals surface area contributed by atoms with E-state index in [0.717, 1.165) is 35.0 Å². The molecule has 0 amide bonds. The van der Waals surface area contributed by atoms with Crippen LogP contribution in [0, 0.1) is 13.8 Å². The van der Waals surface area contributed by atoms with E-state index in [1.807, 2.05) is 20.0 Å². The van der Waals surface area contributed by atoms with Crippen LogP contribution in [-0.4, -0.2) is 31.1 Å². The topological polar surface area (TPSA) is 58.5 Å². The lowest BCUT2D eigenvalue weighted by Gasteiger charge is -2.17. The standard InChI is InChI=1S/C15H26N4O.HI/c1-7-11(3)19-15(16-5)18-9-13-12(4)14(20-6)10(2)8-17-13;/h8,11H,7,9H2,1-6H3,(H2,16,18,19);1H. The van der Waals surface area contributed by atoms with Crippen LogP contribution >= 0.6 is 24.0 Å². The van der Waals surface area contributed by atoms with Gasteiger partial charge in [0.25, 0.3) is 0 Å². The first-order valence-corrected chi connectivity index (χ1v) is 6.99. The van der Waals surface area contributed by atoms with Crippen molar-refractivity contribution in [2.24, 2.45) is 4.99 Å². The number of methoxy groups -OCH3 is 1. The molecule has 0 aliphatic heterocycles. The molecule has 0 fully saturated rings. The van der Waals surface area contributed by atoms with Gasteiger partial charge in [-0.2, -0.15) is 0 Å². The van der Waals surface area contributed by atoms with Crippen molar-refractivity contribution < 1.29 is 4.74 Å². The van der Waals surface area contributed by atoms with Gasteiger partial charge in [0.15, 0.2) is 5.96 Å². The van der Waals surface area contributed by atoms with Crippen molar-refractivity contribution in [3.8, 4) is 5.75 Å². The zero-order valence-corrected chi connectivity index (χ0v) is 16.1. The average Bonchev–Trinajstić information content (AvgIpc) is 2.45. The molecule has 0 bridgehead atoms. The maximum Gasteiger partial charge on any atom is 0.191 e. The highest BCUT2D eigenvalue weighted by atomic mass is 127. The second kappa shape index (κ2) is 9.81. The van der Waals surface area contributed by atoms with Gasteiger partial charge < -0.3 is 15.4 Å². The largest absolute Gasteiger partial charge is 0.496 e. The maximum atomic E-state index is 5.42. The molecule has 120 valence electrons. The van der Waals surface area contributed by atoms with Crippen LogP contribution in [0.4, 0.5) is 0 Å². The van der Waals surface area contributed by atoms with E-state index in [9.17, 15) is 0 Å². The van der Waals surface area contributed by atoms with E-state index in [2.05, 4.69) is 34.5 Å². The summed E-state index contributed by atoms with van der Waals surface area (Å²) in [7, 11) is 3.46. The Kier molecular flexibility index (Phi) is 9.32. The SMILES string of the molecule is CCC(C)NC(=NC)NCc1ncc(C)c(OC)c1C.I. The number of aromatic nitrogens is 1. The lowest BCUT2D eigenvalue weighted by Crippen LogP contribution is -2.41. The molecule has 2 N–H and O–H groups in total. The third kappa shape index (κ3) is 5.68. The average molecular weight is 406 g/mol. The summed E-state index contributed by atoms with van der Waals surface area (Å²) in [5.41, 5.74) is 3.09. The monoisotopic (exact) mass is 406 g/mol. The summed E-state index contributed by atoms with van der Waals surface area (Å²) in [5, 5.41) is 6.61. The molecular formula is C15H27IN4O. The van der Waals surface area contributed by atoms with E-state index in [-0.39, 0.29) is 24.0 Å². The normalized spacial score (nSPS) is 12.4. The van der Waals surface area contributed by atoms with Gasteiger partial charge in [-0.05, 0) is 27.2 Å². The first-order chi connectivity index (χ1) is 9.53. The number of nitrogens with zero attached hydrogens (tertiary/aromatic N) is 2. The third-order valence-corrected chi connectivity index (χ3v) is 3.39. The Morgan fingerprint density at radius 1 is 1.43 bits per heavy atom. The summed E-state index contributed by atoms with van der Waals surface area (Å²) in [5.74, 6) is 1.70. The quantitative estimate of drug-likeness (QED) is 0.449. The van der Waals surface area contributed by atoms with Crippen LogP contribution in [-0.2, 0) is 6.54 Å². The molecule has 0 aliphatic carbocycles. The number of ether oxygens (including phenoxy) is 1. The van der Waals surface area contributed by atoms with Gasteiger partial charge in [0.2, 0.25) is 0 Å². The van der Waals surface area contributed by atoms with E-state index in [4.69, 9.17) is 4.74 Å². The van der Waals surface area contributed by atoms with E-state index >= 15 is 0 Å². The van der Waals surface area contributed by atoms with Crippen molar-refractivity contribution in [2.75, 3.05) is 14.2 Å². The summed E-state index contributed by atoms with van der Waals surface area (Å²) < 4.78 is 5.42. The summed E-state index contributed by atoms with van der Waals surface area (Å²) in [6, 6.07) is 0.391. The molecule has 0 aliphatic rings. The molecule has 21 heavy (non-hydrogen) atoms. The molecular weight excluding hydrogens is 379 g/mol. The third-order valence-electron chi connectivity index (χ3n) is 3.39. The van der Waals surface area contributed by atoms with Crippen LogP contribution in [0.5, 0.6) is 5.75 Å². The van der Waals surface area contributed by atoms with Gasteiger partial charge in [-0.15, -0.1) is 24.0 Å². The minimum atomic E-state index is 0. The molecule has 1 aromatic rings. The summed E-state index contributed by atoms with van der Waals surface area (Å²) in [6.07, 6.45) is 2.89. The highest BCUT2D eigenvalue weighted by Gasteiger charge is 2.10. The fourth-order valence-electron chi connectivity index (χ4n) is 1.95. The molecule has 1 heterocycles. The van der Waals surface area contributed by atoms with Gasteiger partial charge in [-0.1, -0.05) is 6.92 Å². The van der Waals surface area contributed by atoms with Gasteiger partial charge in [0.1, 0.15) is 5.75 Å². The number of guanidine groups is 1. The van der Waals surface area contributed by atoms with Crippen LogP contribution in [0.25, 0.3) is 0 Å². The molecule has 1 unspecified atom stereocenters. The predicted molar refractivity (Wildman–Crippen MR) is 98.8 cm³/mol. The van der Waals surface area contributed by atoms with Crippen molar-refractivity contribution >= 4 is 29.9 Å². The highest BCUT2D eigenvalue weighted by Crippen LogP contribution is 2.23. The van der Waals surface area contributed by atoms with Crippen LogP contribution in [0.3, 0.4) is 0 Å². The molecule has 5 nitrogen and oxygen atoms in total. The Bertz CT molecular complexity index is 477. The number of aryl methyl sites for hydroxylation is 1. The molecule has 6 heteroatoms. The Balaban J connectivity index is 0.00000400. The number of nitrogens with one attached hydrogen (secondary N) is 2. The molecule has 1 rings (SSSR count). The van der Waals surface area contributed by atoms with Crippen LogP contribution < -0.4 is 15.4 Å². The highest BCUT2D eigenvalue weighted by molar-refractivity contribution is 14.0. The number of hydrogen-bond donors (Lipinski definition) is 2. The zero-order chi connectivity index (χ0) is 15.1. The molecule has 1 aromatic heterocycles. The first kappa shape index (κ1) is 19.9. The van der Waals surface area contributed by atoms with Gasteiger partial charge in [-0.3, -0.25) is 9.98 Å². The van der Waals surface area contributed by atoms with Crippen LogP contribution in [0.2, 0.25) is 0 Å². The summed E-state index contributed by atoms with van der Waals surface area (Å²) in [6.45, 7) is 8.92. The smallest absolute Gasteiger partial charge is 0.191 e. The molecule has 0 radical (unpaired) electrons. The van der Waals surface area contributed by atoms with E-state index < -0.39 is 0 Å². The number of pyridine rings is 1. The second-order valence-corrected chi connectivity index (χ2v) is 4.93. The molecule has 0 aromatic carbocycles. The van der Waals surface area contributed by atoms with Gasteiger partial charge in [0.05, 0.1) is 19.3 Å². The van der Waals surface area contributed by atoms with Crippen molar-refractivity contribution in [3.05, 3.63) is 23.0 Å². The van der Waals surface area contributed by atoms with Gasteiger partial charge in [-0.25, -0.2) is 0 Å². The molecule has 0 spiro atoms. The van der Waals surface area contributed by atoms with Crippen molar-refractivity contribution in [1.82, 2.24) is 15.6 Å². The number of rotatable bonds is 5. The van der Waals surface area contributed by atoms with Gasteiger partial charge in [0, 0.05) is 30.4 Å². The lowest BCUT2D eigenvalue weighted by molar-refractivity contribution is 0.406. The molecule has 0 saturated heterocycles. The van der Waals surface area contributed by atoms with E-state index in [1.54, 1.807) is 14.2 Å². The Labute approximate surface area is 145 Å². The van der Waals surface area contributed by atoms with Gasteiger partial charge >= 0.3 is 0 Å². The maximum absolute atomic E-state index is 5.42. The van der Waals surface area contributed by atoms with Crippen molar-refractivity contribution in [1.29, 1.82) is 0 Å². The fourth-order valence-corrected chi connectivity index (χ4v) is 1.95. The second-order valence-electron chi connectivity index (χ2n) is 4.93. The summed E-state index contributed by atoms with van der Waals surface area (Å²) in [4.78, 5) is 8.68. The van der Waals surface area contributed by atoms with Crippen LogP contribution in [0.15, 0.2) is 11.2 Å². The first-order valence-electron chi connectivity index (χ1n) is 6.99.